The lowest BCUT2D eigenvalue weighted by Crippen LogP contribution is -2.16. The Hall–Kier alpha value is -0.340. The summed E-state index contributed by atoms with van der Waals surface area (Å²) in [5.74, 6) is 0.323. The van der Waals surface area contributed by atoms with E-state index in [-0.39, 0.29) is 11.2 Å². The van der Waals surface area contributed by atoms with Crippen LogP contribution in [0.5, 0.6) is 0 Å². The Bertz CT molecular complexity index is 368. The van der Waals surface area contributed by atoms with Gasteiger partial charge in [-0.15, -0.1) is 0 Å². The molecule has 1 fully saturated rings. The summed E-state index contributed by atoms with van der Waals surface area (Å²) in [6.07, 6.45) is 4.70. The summed E-state index contributed by atoms with van der Waals surface area (Å²) in [7, 11) is 0. The molecule has 1 aliphatic carbocycles. The van der Waals surface area contributed by atoms with Crippen molar-refractivity contribution in [3.63, 3.8) is 0 Å². The Kier molecular flexibility index (Phi) is 4.04. The normalized spacial score (nSPS) is 18.6. The average molecular weight is 302 g/mol. The molecule has 16 heavy (non-hydrogen) atoms. The van der Waals surface area contributed by atoms with Crippen molar-refractivity contribution in [1.82, 2.24) is 0 Å². The Morgan fingerprint density at radius 3 is 2.31 bits per heavy atom. The van der Waals surface area contributed by atoms with E-state index in [1.54, 1.807) is 0 Å². The Labute approximate surface area is 109 Å². The van der Waals surface area contributed by atoms with Crippen LogP contribution in [0.2, 0.25) is 0 Å². The van der Waals surface area contributed by atoms with Crippen LogP contribution in [0.15, 0.2) is 28.7 Å². The molecule has 0 aromatic heterocycles. The average Bonchev–Trinajstić information content (AvgIpc) is 2.74. The summed E-state index contributed by atoms with van der Waals surface area (Å²) >= 11 is 9.14. The largest absolute Gasteiger partial charge is 0.281 e. The predicted octanol–water partition coefficient (Wildman–Crippen LogP) is 4.49. The number of halogens is 2. The van der Waals surface area contributed by atoms with Crippen LogP contribution >= 0.6 is 27.5 Å². The van der Waals surface area contributed by atoms with Crippen LogP contribution in [-0.4, -0.2) is 5.24 Å². The van der Waals surface area contributed by atoms with Crippen molar-refractivity contribution >= 4 is 32.8 Å². The topological polar surface area (TPSA) is 17.1 Å². The van der Waals surface area contributed by atoms with Gasteiger partial charge in [-0.25, -0.2) is 0 Å². The van der Waals surface area contributed by atoms with E-state index in [2.05, 4.69) is 15.9 Å². The first-order valence-corrected chi connectivity index (χ1v) is 6.80. The lowest BCUT2D eigenvalue weighted by atomic mass is 9.86. The van der Waals surface area contributed by atoms with E-state index < -0.39 is 0 Å². The minimum absolute atomic E-state index is 0.114. The third-order valence-corrected chi connectivity index (χ3v) is 4.11. The Morgan fingerprint density at radius 1 is 1.25 bits per heavy atom. The van der Waals surface area contributed by atoms with Gasteiger partial charge in [0.25, 0.3) is 0 Å². The van der Waals surface area contributed by atoms with Crippen LogP contribution in [-0.2, 0) is 4.79 Å². The fourth-order valence-electron chi connectivity index (χ4n) is 2.55. The molecule has 0 heterocycles. The third kappa shape index (κ3) is 2.67. The van der Waals surface area contributed by atoms with Crippen LogP contribution in [0.4, 0.5) is 0 Å². The molecule has 1 saturated carbocycles. The van der Waals surface area contributed by atoms with Crippen molar-refractivity contribution in [2.75, 3.05) is 0 Å². The zero-order valence-corrected chi connectivity index (χ0v) is 11.3. The van der Waals surface area contributed by atoms with E-state index in [9.17, 15) is 4.79 Å². The fourth-order valence-corrected chi connectivity index (χ4v) is 3.12. The molecule has 0 N–H and O–H groups in total. The van der Waals surface area contributed by atoms with Gasteiger partial charge in [0.1, 0.15) is 0 Å². The first-order chi connectivity index (χ1) is 7.68. The van der Waals surface area contributed by atoms with E-state index in [4.69, 9.17) is 11.6 Å². The molecule has 1 aromatic rings. The Morgan fingerprint density at radius 2 is 1.81 bits per heavy atom. The Balaban J connectivity index is 2.24. The molecule has 1 nitrogen and oxygen atoms in total. The molecule has 0 spiro atoms. The third-order valence-electron chi connectivity index (χ3n) is 3.34. The smallest absolute Gasteiger partial charge is 0.229 e. The number of carbonyl (C=O) groups excluding carboxylic acids is 1. The van der Waals surface area contributed by atoms with E-state index >= 15 is 0 Å². The van der Waals surface area contributed by atoms with Gasteiger partial charge in [-0.05, 0) is 48.1 Å². The van der Waals surface area contributed by atoms with Gasteiger partial charge < -0.3 is 0 Å². The molecule has 0 aliphatic heterocycles. The number of benzene rings is 1. The van der Waals surface area contributed by atoms with Gasteiger partial charge in [0.2, 0.25) is 5.24 Å². The molecule has 1 atom stereocenters. The molecule has 3 heteroatoms. The lowest BCUT2D eigenvalue weighted by molar-refractivity contribution is -0.114. The molecular formula is C13H14BrClO. The fraction of sp³-hybridized carbons (Fsp3) is 0.462. The van der Waals surface area contributed by atoms with Crippen molar-refractivity contribution in [2.45, 2.75) is 31.6 Å². The SMILES string of the molecule is O=C(Cl)[C@@H](c1ccc(Br)cc1)C1CCCC1. The van der Waals surface area contributed by atoms with Gasteiger partial charge >= 0.3 is 0 Å². The number of hydrogen-bond donors (Lipinski definition) is 0. The summed E-state index contributed by atoms with van der Waals surface area (Å²) in [6.45, 7) is 0. The van der Waals surface area contributed by atoms with Crippen molar-refractivity contribution in [3.8, 4) is 0 Å². The quantitative estimate of drug-likeness (QED) is 0.752. The predicted molar refractivity (Wildman–Crippen MR) is 69.7 cm³/mol. The van der Waals surface area contributed by atoms with Gasteiger partial charge in [-0.1, -0.05) is 40.9 Å². The number of rotatable bonds is 3. The second-order valence-electron chi connectivity index (χ2n) is 4.38. The zero-order chi connectivity index (χ0) is 11.5. The maximum Gasteiger partial charge on any atom is 0.229 e. The molecule has 0 saturated heterocycles. The summed E-state index contributed by atoms with van der Waals surface area (Å²) in [4.78, 5) is 11.6. The minimum atomic E-state index is -0.214. The van der Waals surface area contributed by atoms with Crippen LogP contribution in [0, 0.1) is 5.92 Å². The maximum atomic E-state index is 11.6. The lowest BCUT2D eigenvalue weighted by Gasteiger charge is -2.19. The number of carbonyl (C=O) groups is 1. The minimum Gasteiger partial charge on any atom is -0.281 e. The zero-order valence-electron chi connectivity index (χ0n) is 8.96. The van der Waals surface area contributed by atoms with Crippen molar-refractivity contribution < 1.29 is 4.79 Å². The maximum absolute atomic E-state index is 11.6. The molecule has 0 bridgehead atoms. The van der Waals surface area contributed by atoms with Gasteiger partial charge in [0.05, 0.1) is 5.92 Å². The van der Waals surface area contributed by atoms with Crippen LogP contribution in [0.25, 0.3) is 0 Å². The molecule has 1 aliphatic rings. The van der Waals surface area contributed by atoms with Gasteiger partial charge in [-0.2, -0.15) is 0 Å². The van der Waals surface area contributed by atoms with Crippen molar-refractivity contribution in [3.05, 3.63) is 34.3 Å². The summed E-state index contributed by atoms with van der Waals surface area (Å²) in [5, 5.41) is -0.214. The molecule has 0 amide bonds. The molecule has 0 radical (unpaired) electrons. The monoisotopic (exact) mass is 300 g/mol. The van der Waals surface area contributed by atoms with Crippen LogP contribution in [0.1, 0.15) is 37.2 Å². The standard InChI is InChI=1S/C13H14BrClO/c14-11-7-5-10(6-8-11)12(13(15)16)9-3-1-2-4-9/h5-9,12H,1-4H2/t12-/m1/s1. The molecular weight excluding hydrogens is 287 g/mol. The highest BCUT2D eigenvalue weighted by Crippen LogP contribution is 2.38. The summed E-state index contributed by atoms with van der Waals surface area (Å²) in [5.41, 5.74) is 1.05. The van der Waals surface area contributed by atoms with Gasteiger partial charge in [-0.3, -0.25) is 4.79 Å². The summed E-state index contributed by atoms with van der Waals surface area (Å²) in [6, 6.07) is 7.93. The number of hydrogen-bond acceptors (Lipinski definition) is 1. The highest BCUT2D eigenvalue weighted by molar-refractivity contribution is 9.10. The first kappa shape index (κ1) is 12.1. The van der Waals surface area contributed by atoms with Gasteiger partial charge in [0, 0.05) is 4.47 Å². The van der Waals surface area contributed by atoms with Crippen molar-refractivity contribution in [1.29, 1.82) is 0 Å². The molecule has 0 unspecified atom stereocenters. The van der Waals surface area contributed by atoms with E-state index in [0.717, 1.165) is 22.9 Å². The van der Waals surface area contributed by atoms with E-state index in [0.29, 0.717) is 5.92 Å². The van der Waals surface area contributed by atoms with Gasteiger partial charge in [0.15, 0.2) is 0 Å². The molecule has 1 aromatic carbocycles. The van der Waals surface area contributed by atoms with Crippen LogP contribution in [0.3, 0.4) is 0 Å². The second kappa shape index (κ2) is 5.33. The van der Waals surface area contributed by atoms with Crippen LogP contribution < -0.4 is 0 Å². The molecule has 86 valence electrons. The highest BCUT2D eigenvalue weighted by atomic mass is 79.9. The van der Waals surface area contributed by atoms with E-state index in [1.165, 1.54) is 12.8 Å². The molecule has 2 rings (SSSR count). The summed E-state index contributed by atoms with van der Waals surface area (Å²) < 4.78 is 1.03. The van der Waals surface area contributed by atoms with Crippen molar-refractivity contribution in [2.24, 2.45) is 5.92 Å². The highest BCUT2D eigenvalue weighted by Gasteiger charge is 2.30. The first-order valence-electron chi connectivity index (χ1n) is 5.63. The van der Waals surface area contributed by atoms with E-state index in [1.807, 2.05) is 24.3 Å². The second-order valence-corrected chi connectivity index (χ2v) is 5.67.